The first-order valence-electron chi connectivity index (χ1n) is 9.60. The van der Waals surface area contributed by atoms with Crippen LogP contribution in [0.15, 0.2) is 54.0 Å². The number of nitrogens with one attached hydrogen (secondary N) is 1. The van der Waals surface area contributed by atoms with E-state index in [1.807, 2.05) is 18.2 Å². The zero-order valence-electron chi connectivity index (χ0n) is 16.5. The molecule has 1 saturated heterocycles. The maximum atomic E-state index is 11.8. The summed E-state index contributed by atoms with van der Waals surface area (Å²) in [4.78, 5) is 16.3. The number of ketones is 1. The molecular formula is C24H28N2O. The number of carbonyl (C=O) groups is 1. The Bertz CT molecular complexity index is 872. The molecule has 0 atom stereocenters. The molecule has 27 heavy (non-hydrogen) atoms. The van der Waals surface area contributed by atoms with E-state index in [0.717, 1.165) is 48.3 Å². The van der Waals surface area contributed by atoms with E-state index in [0.29, 0.717) is 11.5 Å². The third kappa shape index (κ3) is 4.25. The van der Waals surface area contributed by atoms with Gasteiger partial charge in [-0.15, -0.1) is 0 Å². The molecule has 1 aliphatic heterocycles. The number of aliphatic imine (C=N–C) groups is 1. The van der Waals surface area contributed by atoms with E-state index in [-0.39, 0.29) is 5.78 Å². The van der Waals surface area contributed by atoms with Gasteiger partial charge in [0.05, 0.1) is 5.71 Å². The van der Waals surface area contributed by atoms with Crippen molar-refractivity contribution >= 4 is 17.1 Å². The van der Waals surface area contributed by atoms with Crippen molar-refractivity contribution in [2.45, 2.75) is 26.7 Å². The number of allylic oxidation sites excluding steroid dienone is 1. The summed E-state index contributed by atoms with van der Waals surface area (Å²) < 4.78 is 0. The highest BCUT2D eigenvalue weighted by Crippen LogP contribution is 2.29. The minimum atomic E-state index is 0.0697. The summed E-state index contributed by atoms with van der Waals surface area (Å²) in [5.74, 6) is 0.631. The minimum absolute atomic E-state index is 0.0697. The molecule has 2 aromatic carbocycles. The number of nitrogens with zero attached hydrogens (tertiary/aromatic N) is 1. The second-order valence-electron chi connectivity index (χ2n) is 7.28. The van der Waals surface area contributed by atoms with Gasteiger partial charge in [-0.3, -0.25) is 9.79 Å². The van der Waals surface area contributed by atoms with Gasteiger partial charge in [0.2, 0.25) is 0 Å². The van der Waals surface area contributed by atoms with Crippen LogP contribution in [0.25, 0.3) is 5.57 Å². The van der Waals surface area contributed by atoms with Gasteiger partial charge in [0.1, 0.15) is 0 Å². The Labute approximate surface area is 162 Å². The van der Waals surface area contributed by atoms with Crippen molar-refractivity contribution in [1.82, 2.24) is 5.32 Å². The fourth-order valence-electron chi connectivity index (χ4n) is 3.75. The van der Waals surface area contributed by atoms with Crippen LogP contribution >= 0.6 is 0 Å². The lowest BCUT2D eigenvalue weighted by Crippen LogP contribution is -2.28. The average molecular weight is 361 g/mol. The second-order valence-corrected chi connectivity index (χ2v) is 7.28. The second kappa shape index (κ2) is 8.45. The molecule has 1 aliphatic rings. The summed E-state index contributed by atoms with van der Waals surface area (Å²) >= 11 is 0. The lowest BCUT2D eigenvalue weighted by Gasteiger charge is -2.25. The van der Waals surface area contributed by atoms with Crippen LogP contribution in [0.2, 0.25) is 0 Å². The Hall–Kier alpha value is -2.52. The first kappa shape index (κ1) is 19.2. The Morgan fingerprint density at radius 3 is 2.22 bits per heavy atom. The summed E-state index contributed by atoms with van der Waals surface area (Å²) in [5, 5.41) is 3.41. The summed E-state index contributed by atoms with van der Waals surface area (Å²) in [6, 6.07) is 14.3. The predicted octanol–water partition coefficient (Wildman–Crippen LogP) is 4.68. The van der Waals surface area contributed by atoms with E-state index in [1.54, 1.807) is 14.0 Å². The van der Waals surface area contributed by atoms with Crippen LogP contribution in [0, 0.1) is 12.8 Å². The van der Waals surface area contributed by atoms with Gasteiger partial charge in [0.25, 0.3) is 0 Å². The Morgan fingerprint density at radius 1 is 1.04 bits per heavy atom. The lowest BCUT2D eigenvalue weighted by atomic mass is 9.86. The van der Waals surface area contributed by atoms with Crippen molar-refractivity contribution in [3.8, 4) is 0 Å². The van der Waals surface area contributed by atoms with E-state index >= 15 is 0 Å². The molecule has 3 nitrogen and oxygen atoms in total. The zero-order valence-corrected chi connectivity index (χ0v) is 16.5. The summed E-state index contributed by atoms with van der Waals surface area (Å²) in [6.45, 7) is 10.1. The maximum Gasteiger partial charge on any atom is 0.159 e. The van der Waals surface area contributed by atoms with Crippen molar-refractivity contribution in [2.75, 3.05) is 20.1 Å². The van der Waals surface area contributed by atoms with Crippen molar-refractivity contribution in [3.63, 3.8) is 0 Å². The number of piperidine rings is 1. The van der Waals surface area contributed by atoms with Crippen LogP contribution in [-0.4, -0.2) is 31.6 Å². The van der Waals surface area contributed by atoms with Gasteiger partial charge < -0.3 is 5.32 Å². The largest absolute Gasteiger partial charge is 0.317 e. The van der Waals surface area contributed by atoms with E-state index in [9.17, 15) is 4.79 Å². The van der Waals surface area contributed by atoms with Crippen LogP contribution in [0.4, 0.5) is 0 Å². The van der Waals surface area contributed by atoms with Gasteiger partial charge in [0, 0.05) is 23.7 Å². The number of carbonyl (C=O) groups excluding carboxylic acids is 1. The number of Topliss-reactive ketones (excluding diaryl/α,β-unsaturated/α-hetero) is 1. The Balaban J connectivity index is 1.88. The van der Waals surface area contributed by atoms with Crippen molar-refractivity contribution in [2.24, 2.45) is 10.9 Å². The van der Waals surface area contributed by atoms with E-state index in [2.05, 4.69) is 48.1 Å². The number of benzene rings is 2. The fraction of sp³-hybridized carbons (Fsp3) is 0.333. The molecule has 0 aliphatic carbocycles. The van der Waals surface area contributed by atoms with Crippen molar-refractivity contribution < 1.29 is 4.79 Å². The third-order valence-electron chi connectivity index (χ3n) is 5.48. The molecule has 1 heterocycles. The van der Waals surface area contributed by atoms with Gasteiger partial charge in [-0.05, 0) is 68.5 Å². The van der Waals surface area contributed by atoms with Crippen LogP contribution in [-0.2, 0) is 0 Å². The van der Waals surface area contributed by atoms with Gasteiger partial charge in [-0.1, -0.05) is 43.0 Å². The smallest absolute Gasteiger partial charge is 0.159 e. The topological polar surface area (TPSA) is 41.5 Å². The minimum Gasteiger partial charge on any atom is -0.317 e. The number of aryl methyl sites for hydroxylation is 1. The molecule has 140 valence electrons. The number of rotatable bonds is 5. The molecule has 0 spiro atoms. The van der Waals surface area contributed by atoms with E-state index < -0.39 is 0 Å². The van der Waals surface area contributed by atoms with Crippen molar-refractivity contribution in [3.05, 3.63) is 76.9 Å². The first-order valence-corrected chi connectivity index (χ1v) is 9.60. The standard InChI is InChI=1S/C24H28N2O/c1-16-5-6-22(18(3)27)15-23(16)24(25-4)21-9-7-19(8-10-21)17(2)20-11-13-26-14-12-20/h5-10,15,20,26H,2,11-14H2,1,3-4H3. The Morgan fingerprint density at radius 2 is 1.63 bits per heavy atom. The molecule has 2 aromatic rings. The molecule has 0 aromatic heterocycles. The maximum absolute atomic E-state index is 11.8. The van der Waals surface area contributed by atoms with Gasteiger partial charge in [0.15, 0.2) is 5.78 Å². The molecule has 1 N–H and O–H groups in total. The van der Waals surface area contributed by atoms with Gasteiger partial charge >= 0.3 is 0 Å². The van der Waals surface area contributed by atoms with Gasteiger partial charge in [-0.25, -0.2) is 0 Å². The highest BCUT2D eigenvalue weighted by Gasteiger charge is 2.18. The van der Waals surface area contributed by atoms with Crippen LogP contribution < -0.4 is 5.32 Å². The van der Waals surface area contributed by atoms with Crippen LogP contribution in [0.5, 0.6) is 0 Å². The van der Waals surface area contributed by atoms with Crippen LogP contribution in [0.3, 0.4) is 0 Å². The summed E-state index contributed by atoms with van der Waals surface area (Å²) in [7, 11) is 1.80. The fourth-order valence-corrected chi connectivity index (χ4v) is 3.75. The summed E-state index contributed by atoms with van der Waals surface area (Å²) in [6.07, 6.45) is 2.30. The molecule has 0 bridgehead atoms. The molecule has 0 unspecified atom stereocenters. The van der Waals surface area contributed by atoms with E-state index in [1.165, 1.54) is 11.1 Å². The molecular weight excluding hydrogens is 332 g/mol. The number of hydrogen-bond acceptors (Lipinski definition) is 3. The molecule has 3 heteroatoms. The van der Waals surface area contributed by atoms with Crippen molar-refractivity contribution in [1.29, 1.82) is 0 Å². The predicted molar refractivity (Wildman–Crippen MR) is 114 cm³/mol. The molecule has 1 fully saturated rings. The lowest BCUT2D eigenvalue weighted by molar-refractivity contribution is 0.101. The summed E-state index contributed by atoms with van der Waals surface area (Å²) in [5.41, 5.74) is 7.24. The highest BCUT2D eigenvalue weighted by atomic mass is 16.1. The van der Waals surface area contributed by atoms with E-state index in [4.69, 9.17) is 0 Å². The van der Waals surface area contributed by atoms with Gasteiger partial charge in [-0.2, -0.15) is 0 Å². The third-order valence-corrected chi connectivity index (χ3v) is 5.48. The molecule has 0 saturated carbocycles. The average Bonchev–Trinajstić information content (AvgIpc) is 2.70. The highest BCUT2D eigenvalue weighted by molar-refractivity contribution is 6.14. The normalized spacial score (nSPS) is 15.6. The Kier molecular flexibility index (Phi) is 6.02. The number of hydrogen-bond donors (Lipinski definition) is 1. The van der Waals surface area contributed by atoms with Crippen LogP contribution in [0.1, 0.15) is 52.4 Å². The quantitative estimate of drug-likeness (QED) is 0.621. The zero-order chi connectivity index (χ0) is 19.4. The SMILES string of the molecule is C=C(c1ccc(C(=NC)c2cc(C(C)=O)ccc2C)cc1)C1CCNCC1. The first-order chi connectivity index (χ1) is 13.0. The molecule has 0 radical (unpaired) electrons. The monoisotopic (exact) mass is 360 g/mol. The molecule has 0 amide bonds. The molecule has 3 rings (SSSR count).